The lowest BCUT2D eigenvalue weighted by molar-refractivity contribution is 0.397. The fourth-order valence-corrected chi connectivity index (χ4v) is 3.95. The maximum absolute atomic E-state index is 12.5. The van der Waals surface area contributed by atoms with E-state index in [2.05, 4.69) is 9.97 Å². The molecule has 0 saturated carbocycles. The van der Waals surface area contributed by atoms with Crippen LogP contribution < -0.4 is 10.5 Å². The molecule has 2 heterocycles. The second-order valence-electron chi connectivity index (χ2n) is 6.42. The first-order chi connectivity index (χ1) is 12.7. The van der Waals surface area contributed by atoms with Crippen LogP contribution in [0.3, 0.4) is 0 Å². The van der Waals surface area contributed by atoms with Crippen LogP contribution in [-0.4, -0.2) is 59.2 Å². The van der Waals surface area contributed by atoms with E-state index in [-0.39, 0.29) is 11.6 Å². The Morgan fingerprint density at radius 1 is 1.19 bits per heavy atom. The van der Waals surface area contributed by atoms with E-state index >= 15 is 0 Å². The number of nitrogens with zero attached hydrogens (tertiary/aromatic N) is 5. The summed E-state index contributed by atoms with van der Waals surface area (Å²) < 4.78 is 26.8. The zero-order valence-electron chi connectivity index (χ0n) is 16.5. The summed E-state index contributed by atoms with van der Waals surface area (Å²) in [5, 5.41) is 0. The number of aromatic nitrogens is 3. The molecule has 2 rings (SSSR count). The van der Waals surface area contributed by atoms with Gasteiger partial charge in [0.2, 0.25) is 16.0 Å². The molecule has 27 heavy (non-hydrogen) atoms. The van der Waals surface area contributed by atoms with Crippen LogP contribution >= 0.6 is 0 Å². The number of rotatable bonds is 8. The summed E-state index contributed by atoms with van der Waals surface area (Å²) >= 11 is 0. The molecule has 1 unspecified atom stereocenters. The molecule has 0 fully saturated rings. The van der Waals surface area contributed by atoms with Crippen LogP contribution in [-0.2, 0) is 17.1 Å². The van der Waals surface area contributed by atoms with Gasteiger partial charge in [-0.3, -0.25) is 14.3 Å². The summed E-state index contributed by atoms with van der Waals surface area (Å²) in [6, 6.07) is 4.93. The molecule has 8 nitrogen and oxygen atoms in total. The van der Waals surface area contributed by atoms with Crippen LogP contribution in [0.25, 0.3) is 11.3 Å². The molecule has 0 aliphatic rings. The molecule has 0 spiro atoms. The lowest BCUT2D eigenvalue weighted by Gasteiger charge is -2.33. The minimum atomic E-state index is -3.29. The van der Waals surface area contributed by atoms with Crippen molar-refractivity contribution in [3.05, 3.63) is 40.9 Å². The van der Waals surface area contributed by atoms with Gasteiger partial charge < -0.3 is 4.90 Å². The van der Waals surface area contributed by atoms with Gasteiger partial charge in [-0.2, -0.15) is 0 Å². The Bertz CT molecular complexity index is 928. The molecular weight excluding hydrogens is 366 g/mol. The molecule has 0 aliphatic carbocycles. The quantitative estimate of drug-likeness (QED) is 0.672. The van der Waals surface area contributed by atoms with E-state index in [9.17, 15) is 13.2 Å². The van der Waals surface area contributed by atoms with Crippen LogP contribution in [0.5, 0.6) is 0 Å². The van der Waals surface area contributed by atoms with Crippen molar-refractivity contribution >= 4 is 16.0 Å². The minimum Gasteiger partial charge on any atom is -0.338 e. The standard InChI is InChI=1S/C18H27N5O3S/c1-6-22(27(5,25)26)13-14(3)23(7-2)18-20-16(12-17(24)21(18)4)15-8-10-19-11-9-15/h8-12,14H,6-7,13H2,1-5H3. The molecule has 2 aromatic heterocycles. The highest BCUT2D eigenvalue weighted by Crippen LogP contribution is 2.20. The van der Waals surface area contributed by atoms with Gasteiger partial charge in [0.25, 0.3) is 5.56 Å². The summed E-state index contributed by atoms with van der Waals surface area (Å²) in [4.78, 5) is 23.1. The third-order valence-corrected chi connectivity index (χ3v) is 5.85. The number of hydrogen-bond acceptors (Lipinski definition) is 6. The average molecular weight is 394 g/mol. The molecule has 0 aromatic carbocycles. The van der Waals surface area contributed by atoms with Gasteiger partial charge in [0.05, 0.1) is 11.9 Å². The fourth-order valence-electron chi connectivity index (χ4n) is 3.00. The van der Waals surface area contributed by atoms with Crippen molar-refractivity contribution < 1.29 is 8.42 Å². The second kappa shape index (κ2) is 8.62. The van der Waals surface area contributed by atoms with Gasteiger partial charge in [-0.15, -0.1) is 0 Å². The van der Waals surface area contributed by atoms with E-state index in [1.807, 2.05) is 25.7 Å². The Kier molecular flexibility index (Phi) is 6.72. The lowest BCUT2D eigenvalue weighted by atomic mass is 10.2. The van der Waals surface area contributed by atoms with Crippen molar-refractivity contribution in [1.82, 2.24) is 18.8 Å². The largest absolute Gasteiger partial charge is 0.338 e. The van der Waals surface area contributed by atoms with Gasteiger partial charge in [0.1, 0.15) is 0 Å². The summed E-state index contributed by atoms with van der Waals surface area (Å²) in [5.41, 5.74) is 1.20. The Balaban J connectivity index is 2.44. The molecule has 0 bridgehead atoms. The van der Waals surface area contributed by atoms with Gasteiger partial charge in [-0.25, -0.2) is 17.7 Å². The first-order valence-electron chi connectivity index (χ1n) is 8.89. The second-order valence-corrected chi connectivity index (χ2v) is 8.41. The predicted molar refractivity (Wildman–Crippen MR) is 107 cm³/mol. The van der Waals surface area contributed by atoms with Crippen molar-refractivity contribution in [3.8, 4) is 11.3 Å². The van der Waals surface area contributed by atoms with Gasteiger partial charge in [0, 0.05) is 56.7 Å². The number of sulfonamides is 1. The molecule has 1 atom stereocenters. The van der Waals surface area contributed by atoms with Gasteiger partial charge in [0.15, 0.2) is 0 Å². The summed E-state index contributed by atoms with van der Waals surface area (Å²) in [5.74, 6) is 0.508. The molecule has 148 valence electrons. The minimum absolute atomic E-state index is 0.157. The normalized spacial score (nSPS) is 13.0. The van der Waals surface area contributed by atoms with Crippen LogP contribution in [0.15, 0.2) is 35.4 Å². The third kappa shape index (κ3) is 4.92. The van der Waals surface area contributed by atoms with E-state index in [0.717, 1.165) is 5.56 Å². The van der Waals surface area contributed by atoms with Crippen LogP contribution in [0.2, 0.25) is 0 Å². The Morgan fingerprint density at radius 3 is 2.33 bits per heavy atom. The third-order valence-electron chi connectivity index (χ3n) is 4.51. The van der Waals surface area contributed by atoms with E-state index in [4.69, 9.17) is 0 Å². The van der Waals surface area contributed by atoms with E-state index in [1.165, 1.54) is 21.2 Å². The van der Waals surface area contributed by atoms with Gasteiger partial charge in [-0.05, 0) is 26.0 Å². The number of pyridine rings is 1. The zero-order chi connectivity index (χ0) is 20.2. The van der Waals surface area contributed by atoms with Crippen LogP contribution in [0, 0.1) is 0 Å². The fraction of sp³-hybridized carbons (Fsp3) is 0.500. The molecule has 0 N–H and O–H groups in total. The van der Waals surface area contributed by atoms with Crippen molar-refractivity contribution in [2.24, 2.45) is 7.05 Å². The molecule has 0 aliphatic heterocycles. The first kappa shape index (κ1) is 21.0. The number of hydrogen-bond donors (Lipinski definition) is 0. The molecule has 0 radical (unpaired) electrons. The molecule has 0 amide bonds. The molecular formula is C18H27N5O3S. The number of anilines is 1. The topological polar surface area (TPSA) is 88.4 Å². The van der Waals surface area contributed by atoms with Crippen molar-refractivity contribution in [2.45, 2.75) is 26.8 Å². The van der Waals surface area contributed by atoms with E-state index in [0.29, 0.717) is 31.3 Å². The smallest absolute Gasteiger partial charge is 0.255 e. The van der Waals surface area contributed by atoms with E-state index < -0.39 is 10.0 Å². The summed E-state index contributed by atoms with van der Waals surface area (Å²) in [7, 11) is -1.62. The van der Waals surface area contributed by atoms with Crippen molar-refractivity contribution in [3.63, 3.8) is 0 Å². The molecule has 2 aromatic rings. The highest BCUT2D eigenvalue weighted by atomic mass is 32.2. The van der Waals surface area contributed by atoms with Gasteiger partial charge in [-0.1, -0.05) is 6.92 Å². The van der Waals surface area contributed by atoms with Crippen molar-refractivity contribution in [1.29, 1.82) is 0 Å². The van der Waals surface area contributed by atoms with Crippen molar-refractivity contribution in [2.75, 3.05) is 30.8 Å². The lowest BCUT2D eigenvalue weighted by Crippen LogP contribution is -2.46. The average Bonchev–Trinajstić information content (AvgIpc) is 2.63. The maximum atomic E-state index is 12.5. The van der Waals surface area contributed by atoms with E-state index in [1.54, 1.807) is 31.6 Å². The maximum Gasteiger partial charge on any atom is 0.255 e. The Morgan fingerprint density at radius 2 is 1.81 bits per heavy atom. The zero-order valence-corrected chi connectivity index (χ0v) is 17.3. The van der Waals surface area contributed by atoms with Crippen LogP contribution in [0.1, 0.15) is 20.8 Å². The summed E-state index contributed by atoms with van der Waals surface area (Å²) in [6.07, 6.45) is 4.51. The Labute approximate surface area is 160 Å². The number of likely N-dealkylation sites (N-methyl/N-ethyl adjacent to an activating group) is 2. The Hall–Kier alpha value is -2.26. The highest BCUT2D eigenvalue weighted by Gasteiger charge is 2.24. The molecule has 0 saturated heterocycles. The highest BCUT2D eigenvalue weighted by molar-refractivity contribution is 7.88. The molecule has 9 heteroatoms. The monoisotopic (exact) mass is 393 g/mol. The van der Waals surface area contributed by atoms with Crippen LogP contribution in [0.4, 0.5) is 5.95 Å². The summed E-state index contributed by atoms with van der Waals surface area (Å²) in [6.45, 7) is 6.99. The first-order valence-corrected chi connectivity index (χ1v) is 10.7. The van der Waals surface area contributed by atoms with Gasteiger partial charge >= 0.3 is 0 Å². The SMILES string of the molecule is CCN(c1nc(-c2ccncc2)cc(=O)n1C)C(C)CN(CC)S(C)(=O)=O. The predicted octanol–water partition coefficient (Wildman–Crippen LogP) is 1.34.